The second-order valence-corrected chi connectivity index (χ2v) is 23.8. The number of hydrogen-bond acceptors (Lipinski definition) is 9. The van der Waals surface area contributed by atoms with Crippen LogP contribution in [0, 0.1) is 0 Å². The smallest absolute Gasteiger partial charge is 0.408 e. The fourth-order valence-electron chi connectivity index (χ4n) is 9.23. The molecule has 0 spiro atoms. The van der Waals surface area contributed by atoms with Gasteiger partial charge in [-0.3, -0.25) is 19.4 Å². The average Bonchev–Trinajstić information content (AvgIpc) is 3.54. The maximum Gasteiger partial charge on any atom is 0.408 e. The Morgan fingerprint density at radius 2 is 1.63 bits per heavy atom. The van der Waals surface area contributed by atoms with Gasteiger partial charge in [0.15, 0.2) is 0 Å². The molecule has 14 heteroatoms. The molecule has 60 heavy (non-hydrogen) atoms. The second-order valence-electron chi connectivity index (χ2n) is 18.4. The molecule has 2 saturated heterocycles. The van der Waals surface area contributed by atoms with Crippen LogP contribution in [-0.4, -0.2) is 91.0 Å². The number of amides is 2. The zero-order chi connectivity index (χ0) is 43.9. The van der Waals surface area contributed by atoms with Crippen LogP contribution < -0.4 is 15.2 Å². The van der Waals surface area contributed by atoms with Gasteiger partial charge in [-0.2, -0.15) is 0 Å². The van der Waals surface area contributed by atoms with Crippen molar-refractivity contribution in [2.45, 2.75) is 155 Å². The summed E-state index contributed by atoms with van der Waals surface area (Å²) in [6.45, 7) is 22.9. The van der Waals surface area contributed by atoms with Crippen molar-refractivity contribution in [3.8, 4) is 16.9 Å². The number of ether oxygens (including phenoxy) is 3. The quantitative estimate of drug-likeness (QED) is 0.0724. The normalized spacial score (nSPS) is 17.3. The Morgan fingerprint density at radius 3 is 2.25 bits per heavy atom. The van der Waals surface area contributed by atoms with Crippen molar-refractivity contribution in [2.24, 2.45) is 0 Å². The summed E-state index contributed by atoms with van der Waals surface area (Å²) in [6, 6.07) is 10.7. The molecular formula is C46H68N4O9Si. The average molecular weight is 849 g/mol. The lowest BCUT2D eigenvalue weighted by Crippen LogP contribution is -2.60. The number of rotatable bonds is 16. The number of carbonyl (C=O) groups is 4. The standard InChI is InChI=1S/C46H68N4O9Si/c1-29(2)60(30(3)4,31(5)6)59-37-24-33(25-41(47-45(55)58-46(8,9)10)43(52)50-19-11-13-40(48-50)44(53)54)23-36(26-37)35-14-15-38-39(34-16-21-56-22-17-34)28-49(42(38)27-35)18-12-20-57-32(7)51/h14-15,23-24,26-31,34,40-41,48H,11-13,16-22,25H2,1-10H3,(H,47,55)(H,53,54)/t40-,41?/m0/s1. The van der Waals surface area contributed by atoms with E-state index in [9.17, 15) is 24.3 Å². The molecule has 0 saturated carbocycles. The molecule has 0 radical (unpaired) electrons. The van der Waals surface area contributed by atoms with Gasteiger partial charge < -0.3 is 33.6 Å². The molecule has 2 amide bonds. The Balaban J connectivity index is 1.62. The van der Waals surface area contributed by atoms with Gasteiger partial charge in [-0.25, -0.2) is 10.2 Å². The third kappa shape index (κ3) is 11.5. The van der Waals surface area contributed by atoms with Crippen molar-refractivity contribution in [3.63, 3.8) is 0 Å². The summed E-state index contributed by atoms with van der Waals surface area (Å²) >= 11 is 0. The number of carboxylic acids is 1. The zero-order valence-electron chi connectivity index (χ0n) is 37.4. The van der Waals surface area contributed by atoms with Gasteiger partial charge in [0.1, 0.15) is 23.4 Å². The molecular weight excluding hydrogens is 781 g/mol. The van der Waals surface area contributed by atoms with Gasteiger partial charge in [-0.15, -0.1) is 0 Å². The third-order valence-corrected chi connectivity index (χ3v) is 17.9. The van der Waals surface area contributed by atoms with Crippen molar-refractivity contribution in [2.75, 3.05) is 26.4 Å². The first-order valence-corrected chi connectivity index (χ1v) is 23.9. The minimum Gasteiger partial charge on any atom is -0.543 e. The van der Waals surface area contributed by atoms with Crippen LogP contribution in [0.5, 0.6) is 5.75 Å². The van der Waals surface area contributed by atoms with E-state index in [1.165, 1.54) is 22.9 Å². The molecule has 2 aliphatic rings. The van der Waals surface area contributed by atoms with Gasteiger partial charge in [0.2, 0.25) is 0 Å². The number of hydrazine groups is 1. The predicted molar refractivity (Wildman–Crippen MR) is 235 cm³/mol. The molecule has 2 aromatic carbocycles. The fourth-order valence-corrected chi connectivity index (χ4v) is 14.5. The van der Waals surface area contributed by atoms with Gasteiger partial charge in [-0.1, -0.05) is 59.7 Å². The van der Waals surface area contributed by atoms with Gasteiger partial charge in [0.05, 0.1) is 6.61 Å². The molecule has 0 bridgehead atoms. The Morgan fingerprint density at radius 1 is 0.950 bits per heavy atom. The molecule has 0 aliphatic carbocycles. The van der Waals surface area contributed by atoms with Crippen molar-refractivity contribution < 1.29 is 42.9 Å². The molecule has 1 aromatic heterocycles. The number of nitrogens with zero attached hydrogens (tertiary/aromatic N) is 2. The van der Waals surface area contributed by atoms with Gasteiger partial charge in [0.25, 0.3) is 14.2 Å². The highest BCUT2D eigenvalue weighted by atomic mass is 28.4. The first-order chi connectivity index (χ1) is 28.3. The summed E-state index contributed by atoms with van der Waals surface area (Å²) < 4.78 is 26.2. The van der Waals surface area contributed by atoms with Crippen molar-refractivity contribution >= 4 is 43.2 Å². The molecule has 3 aromatic rings. The minimum absolute atomic E-state index is 0.0977. The van der Waals surface area contributed by atoms with Crippen LogP contribution in [0.25, 0.3) is 22.0 Å². The van der Waals surface area contributed by atoms with Crippen LogP contribution in [0.4, 0.5) is 4.79 Å². The fraction of sp³-hybridized carbons (Fsp3) is 0.609. The number of carboxylic acid groups (broad SMARTS) is 1. The van der Waals surface area contributed by atoms with Crippen LogP contribution in [0.1, 0.15) is 118 Å². The molecule has 2 fully saturated rings. The highest BCUT2D eigenvalue weighted by Gasteiger charge is 2.47. The Labute approximate surface area is 356 Å². The number of aliphatic carboxylic acids is 1. The van der Waals surface area contributed by atoms with E-state index < -0.39 is 44.0 Å². The van der Waals surface area contributed by atoms with Crippen LogP contribution in [0.2, 0.25) is 16.6 Å². The number of hydrogen-bond donors (Lipinski definition) is 3. The molecule has 1 unspecified atom stereocenters. The monoisotopic (exact) mass is 848 g/mol. The van der Waals surface area contributed by atoms with Crippen molar-refractivity contribution in [1.82, 2.24) is 20.3 Å². The van der Waals surface area contributed by atoms with E-state index in [2.05, 4.69) is 87.3 Å². The van der Waals surface area contributed by atoms with Crippen LogP contribution in [-0.2, 0) is 41.6 Å². The first-order valence-electron chi connectivity index (χ1n) is 21.8. The number of alkyl carbamates (subject to hydrolysis) is 1. The number of carbonyl (C=O) groups excluding carboxylic acids is 3. The number of aromatic nitrogens is 1. The summed E-state index contributed by atoms with van der Waals surface area (Å²) in [7, 11) is -2.45. The maximum absolute atomic E-state index is 14.3. The molecule has 3 N–H and O–H groups in total. The molecule has 13 nitrogen and oxygen atoms in total. The molecule has 2 atom stereocenters. The summed E-state index contributed by atoms with van der Waals surface area (Å²) in [6.07, 6.45) is 5.05. The number of fused-ring (bicyclic) bond motifs is 1. The maximum atomic E-state index is 14.3. The minimum atomic E-state index is -2.45. The summed E-state index contributed by atoms with van der Waals surface area (Å²) in [5.41, 5.74) is 7.95. The zero-order valence-corrected chi connectivity index (χ0v) is 38.4. The second kappa shape index (κ2) is 20.0. The topological polar surface area (TPSA) is 158 Å². The first kappa shape index (κ1) is 46.7. The van der Waals surface area contributed by atoms with E-state index in [0.717, 1.165) is 48.3 Å². The number of esters is 1. The third-order valence-electron chi connectivity index (χ3n) is 11.9. The van der Waals surface area contributed by atoms with Gasteiger partial charge in [-0.05, 0) is 116 Å². The Hall–Kier alpha value is -4.40. The molecule has 330 valence electrons. The molecule has 3 heterocycles. The van der Waals surface area contributed by atoms with E-state index in [4.69, 9.17) is 18.6 Å². The SMILES string of the molecule is CC(=O)OCCCn1cc(C2CCOCC2)c2ccc(-c3cc(CC(NC(=O)OC(C)(C)C)C(=O)N4CCC[C@@H](C(=O)O)N4)cc(O[Si](C(C)C)(C(C)C)C(C)C)c3)cc21. The highest BCUT2D eigenvalue weighted by Crippen LogP contribution is 2.44. The van der Waals surface area contributed by atoms with Crippen molar-refractivity contribution in [1.29, 1.82) is 0 Å². The number of nitrogens with one attached hydrogen (secondary N) is 2. The summed E-state index contributed by atoms with van der Waals surface area (Å²) in [4.78, 5) is 51.1. The Bertz CT molecular complexity index is 1960. The number of aryl methyl sites for hydroxylation is 1. The summed E-state index contributed by atoms with van der Waals surface area (Å²) in [5, 5.41) is 15.1. The van der Waals surface area contributed by atoms with Crippen molar-refractivity contribution in [3.05, 3.63) is 53.7 Å². The molecule has 2 aliphatic heterocycles. The van der Waals surface area contributed by atoms with E-state index in [-0.39, 0.29) is 12.4 Å². The van der Waals surface area contributed by atoms with E-state index in [0.29, 0.717) is 67.2 Å². The van der Waals surface area contributed by atoms with E-state index in [1.54, 1.807) is 20.8 Å². The lowest BCUT2D eigenvalue weighted by Gasteiger charge is -2.42. The summed E-state index contributed by atoms with van der Waals surface area (Å²) in [5.74, 6) is -0.714. The lowest BCUT2D eigenvalue weighted by molar-refractivity contribution is -0.148. The Kier molecular flexibility index (Phi) is 15.5. The van der Waals surface area contributed by atoms with E-state index >= 15 is 0 Å². The lowest BCUT2D eigenvalue weighted by atomic mass is 9.91. The van der Waals surface area contributed by atoms with E-state index in [1.807, 2.05) is 12.1 Å². The number of benzene rings is 2. The van der Waals surface area contributed by atoms with Gasteiger partial charge >= 0.3 is 18.0 Å². The van der Waals surface area contributed by atoms with Crippen LogP contribution in [0.3, 0.4) is 0 Å². The molecule has 5 rings (SSSR count). The largest absolute Gasteiger partial charge is 0.543 e. The highest BCUT2D eigenvalue weighted by molar-refractivity contribution is 6.78. The predicted octanol–water partition coefficient (Wildman–Crippen LogP) is 8.73. The van der Waals surface area contributed by atoms with Crippen LogP contribution >= 0.6 is 0 Å². The van der Waals surface area contributed by atoms with Gasteiger partial charge in [0, 0.05) is 56.7 Å². The van der Waals surface area contributed by atoms with Crippen LogP contribution in [0.15, 0.2) is 42.6 Å².